The molecule has 0 fully saturated rings. The lowest BCUT2D eigenvalue weighted by Gasteiger charge is -2.05. The van der Waals surface area contributed by atoms with Gasteiger partial charge in [0.05, 0.1) is 6.54 Å². The first-order valence-corrected chi connectivity index (χ1v) is 6.75. The maximum Gasteiger partial charge on any atom is 0.303 e. The van der Waals surface area contributed by atoms with Crippen molar-refractivity contribution in [1.29, 1.82) is 0 Å². The van der Waals surface area contributed by atoms with Crippen molar-refractivity contribution in [3.05, 3.63) is 0 Å². The number of terminal acetylenes is 1. The predicted molar refractivity (Wildman–Crippen MR) is 74.8 cm³/mol. The van der Waals surface area contributed by atoms with E-state index in [1.54, 1.807) is 0 Å². The zero-order valence-electron chi connectivity index (χ0n) is 11.6. The van der Waals surface area contributed by atoms with Crippen molar-refractivity contribution in [3.63, 3.8) is 0 Å². The Hall–Kier alpha value is -2.03. The van der Waals surface area contributed by atoms with Gasteiger partial charge in [-0.15, -0.1) is 6.42 Å². The van der Waals surface area contributed by atoms with Crippen LogP contribution in [0.2, 0.25) is 0 Å². The molecule has 0 rings (SSSR count). The van der Waals surface area contributed by atoms with E-state index in [-0.39, 0.29) is 31.2 Å². The Morgan fingerprint density at radius 1 is 0.900 bits per heavy atom. The summed E-state index contributed by atoms with van der Waals surface area (Å²) in [6.07, 6.45) is 8.41. The Labute approximate surface area is 119 Å². The molecule has 0 aliphatic heterocycles. The summed E-state index contributed by atoms with van der Waals surface area (Å²) in [6.45, 7) is 0.753. The average Bonchev–Trinajstić information content (AvgIpc) is 2.40. The van der Waals surface area contributed by atoms with Gasteiger partial charge in [-0.05, 0) is 19.3 Å². The van der Waals surface area contributed by atoms with Gasteiger partial charge < -0.3 is 15.7 Å². The number of hydrogen-bond donors (Lipinski definition) is 3. The van der Waals surface area contributed by atoms with E-state index in [0.29, 0.717) is 25.8 Å². The maximum atomic E-state index is 11.4. The highest BCUT2D eigenvalue weighted by molar-refractivity contribution is 5.78. The second-order valence-corrected chi connectivity index (χ2v) is 4.39. The smallest absolute Gasteiger partial charge is 0.303 e. The van der Waals surface area contributed by atoms with Crippen LogP contribution in [0.4, 0.5) is 0 Å². The van der Waals surface area contributed by atoms with Gasteiger partial charge in [-0.2, -0.15) is 0 Å². The van der Waals surface area contributed by atoms with Gasteiger partial charge in [0.1, 0.15) is 0 Å². The minimum absolute atomic E-state index is 0.0898. The number of hydrogen-bond acceptors (Lipinski definition) is 3. The first-order chi connectivity index (χ1) is 9.56. The van der Waals surface area contributed by atoms with E-state index in [9.17, 15) is 14.4 Å². The number of rotatable bonds is 11. The van der Waals surface area contributed by atoms with Crippen molar-refractivity contribution in [3.8, 4) is 12.3 Å². The molecule has 0 aromatic carbocycles. The van der Waals surface area contributed by atoms with E-state index >= 15 is 0 Å². The van der Waals surface area contributed by atoms with E-state index in [0.717, 1.165) is 12.8 Å². The summed E-state index contributed by atoms with van der Waals surface area (Å²) in [5, 5.41) is 13.7. The molecule has 112 valence electrons. The fourth-order valence-electron chi connectivity index (χ4n) is 1.54. The van der Waals surface area contributed by atoms with Gasteiger partial charge in [-0.25, -0.2) is 0 Å². The molecule has 0 aromatic rings. The van der Waals surface area contributed by atoms with E-state index < -0.39 is 5.97 Å². The topological polar surface area (TPSA) is 95.5 Å². The highest BCUT2D eigenvalue weighted by Gasteiger charge is 2.04. The van der Waals surface area contributed by atoms with Gasteiger partial charge in [0.15, 0.2) is 0 Å². The third-order valence-corrected chi connectivity index (χ3v) is 2.58. The second-order valence-electron chi connectivity index (χ2n) is 4.39. The summed E-state index contributed by atoms with van der Waals surface area (Å²) < 4.78 is 0. The van der Waals surface area contributed by atoms with Crippen molar-refractivity contribution < 1.29 is 19.5 Å². The van der Waals surface area contributed by atoms with Gasteiger partial charge in [-0.1, -0.05) is 12.3 Å². The molecular formula is C14H22N2O4. The van der Waals surface area contributed by atoms with Crippen molar-refractivity contribution in [2.45, 2.75) is 44.9 Å². The number of carbonyl (C=O) groups excluding carboxylic acids is 2. The minimum atomic E-state index is -0.794. The first-order valence-electron chi connectivity index (χ1n) is 6.75. The highest BCUT2D eigenvalue weighted by Crippen LogP contribution is 1.99. The molecule has 0 aromatic heterocycles. The Morgan fingerprint density at radius 3 is 2.15 bits per heavy atom. The van der Waals surface area contributed by atoms with Gasteiger partial charge >= 0.3 is 5.97 Å². The second kappa shape index (κ2) is 12.0. The molecule has 3 N–H and O–H groups in total. The molecule has 0 bridgehead atoms. The summed E-state index contributed by atoms with van der Waals surface area (Å²) in [4.78, 5) is 32.9. The van der Waals surface area contributed by atoms with Crippen LogP contribution in [0.1, 0.15) is 44.9 Å². The van der Waals surface area contributed by atoms with E-state index in [4.69, 9.17) is 11.5 Å². The number of unbranched alkanes of at least 4 members (excludes halogenated alkanes) is 2. The quantitative estimate of drug-likeness (QED) is 0.383. The van der Waals surface area contributed by atoms with Crippen molar-refractivity contribution in [2.75, 3.05) is 13.1 Å². The first kappa shape index (κ1) is 18.0. The third-order valence-electron chi connectivity index (χ3n) is 2.58. The minimum Gasteiger partial charge on any atom is -0.481 e. The number of aliphatic carboxylic acids is 1. The Morgan fingerprint density at radius 2 is 1.55 bits per heavy atom. The normalized spacial score (nSPS) is 9.55. The average molecular weight is 282 g/mol. The summed E-state index contributed by atoms with van der Waals surface area (Å²) >= 11 is 0. The van der Waals surface area contributed by atoms with Crippen LogP contribution in [-0.2, 0) is 14.4 Å². The standard InChI is InChI=1S/C14H22N2O4/c1-2-10-15-12(17)7-6-8-13(18)16-11-5-3-4-9-14(19)20/h1H,3-11H2,(H,15,17)(H,16,18)(H,19,20). The van der Waals surface area contributed by atoms with Gasteiger partial charge in [0, 0.05) is 25.8 Å². The third kappa shape index (κ3) is 12.4. The van der Waals surface area contributed by atoms with Crippen LogP contribution in [0.3, 0.4) is 0 Å². The molecule has 20 heavy (non-hydrogen) atoms. The zero-order valence-corrected chi connectivity index (χ0v) is 11.6. The Balaban J connectivity index is 3.39. The molecule has 6 nitrogen and oxygen atoms in total. The lowest BCUT2D eigenvalue weighted by Crippen LogP contribution is -2.26. The monoisotopic (exact) mass is 282 g/mol. The van der Waals surface area contributed by atoms with E-state index in [1.165, 1.54) is 0 Å². The lowest BCUT2D eigenvalue weighted by atomic mass is 10.2. The number of amides is 2. The highest BCUT2D eigenvalue weighted by atomic mass is 16.4. The van der Waals surface area contributed by atoms with Crippen LogP contribution in [0, 0.1) is 12.3 Å². The summed E-state index contributed by atoms with van der Waals surface area (Å²) in [7, 11) is 0. The fraction of sp³-hybridized carbons (Fsp3) is 0.643. The molecule has 0 radical (unpaired) electrons. The maximum absolute atomic E-state index is 11.4. The van der Waals surface area contributed by atoms with Crippen molar-refractivity contribution in [2.24, 2.45) is 0 Å². The van der Waals surface area contributed by atoms with E-state index in [2.05, 4.69) is 16.6 Å². The molecule has 0 aliphatic rings. The molecular weight excluding hydrogens is 260 g/mol. The summed E-state index contributed by atoms with van der Waals surface area (Å²) in [5.41, 5.74) is 0. The number of nitrogens with one attached hydrogen (secondary N) is 2. The molecule has 0 heterocycles. The largest absolute Gasteiger partial charge is 0.481 e. The van der Waals surface area contributed by atoms with Gasteiger partial charge in [-0.3, -0.25) is 14.4 Å². The van der Waals surface area contributed by atoms with Crippen LogP contribution < -0.4 is 10.6 Å². The molecule has 0 aliphatic carbocycles. The molecule has 0 spiro atoms. The number of carbonyl (C=O) groups is 3. The molecule has 0 saturated heterocycles. The van der Waals surface area contributed by atoms with Crippen LogP contribution in [0.15, 0.2) is 0 Å². The van der Waals surface area contributed by atoms with Crippen LogP contribution >= 0.6 is 0 Å². The predicted octanol–water partition coefficient (Wildman–Crippen LogP) is 0.667. The van der Waals surface area contributed by atoms with Crippen molar-refractivity contribution in [1.82, 2.24) is 10.6 Å². The summed E-state index contributed by atoms with van der Waals surface area (Å²) in [6, 6.07) is 0. The Kier molecular flexibility index (Phi) is 10.8. The molecule has 0 unspecified atom stereocenters. The number of carboxylic acids is 1. The molecule has 6 heteroatoms. The van der Waals surface area contributed by atoms with Crippen molar-refractivity contribution >= 4 is 17.8 Å². The SMILES string of the molecule is C#CCNC(=O)CCCC(=O)NCCCCCC(=O)O. The lowest BCUT2D eigenvalue weighted by molar-refractivity contribution is -0.137. The van der Waals surface area contributed by atoms with E-state index in [1.807, 2.05) is 0 Å². The van der Waals surface area contributed by atoms with Crippen LogP contribution in [0.5, 0.6) is 0 Å². The molecule has 2 amide bonds. The van der Waals surface area contributed by atoms with Crippen LogP contribution in [0.25, 0.3) is 0 Å². The fourth-order valence-corrected chi connectivity index (χ4v) is 1.54. The molecule has 0 saturated carbocycles. The van der Waals surface area contributed by atoms with Gasteiger partial charge in [0.2, 0.25) is 11.8 Å². The van der Waals surface area contributed by atoms with Crippen LogP contribution in [-0.4, -0.2) is 36.0 Å². The molecule has 0 atom stereocenters. The Bertz CT molecular complexity index is 361. The van der Waals surface area contributed by atoms with Gasteiger partial charge in [0.25, 0.3) is 0 Å². The zero-order chi connectivity index (χ0) is 15.2. The number of carboxylic acid groups (broad SMARTS) is 1. The summed E-state index contributed by atoms with van der Waals surface area (Å²) in [5.74, 6) is 1.27.